The van der Waals surface area contributed by atoms with E-state index in [1.54, 1.807) is 30.3 Å². The van der Waals surface area contributed by atoms with Gasteiger partial charge in [-0.05, 0) is 31.0 Å². The van der Waals surface area contributed by atoms with Crippen LogP contribution >= 0.6 is 0 Å². The molecule has 1 atom stereocenters. The zero-order valence-corrected chi connectivity index (χ0v) is 18.6. The number of rotatable bonds is 12. The topological polar surface area (TPSA) is 143 Å². The highest BCUT2D eigenvalue weighted by molar-refractivity contribution is 7.92. The smallest absolute Gasteiger partial charge is 0.305 e. The molecule has 1 aromatic carbocycles. The molecule has 0 spiro atoms. The molecule has 2 aromatic rings. The number of carboxylic acid groups (broad SMARTS) is 1. The van der Waals surface area contributed by atoms with Gasteiger partial charge in [0.25, 0.3) is 5.56 Å². The number of Topliss-reactive ketones (excluding diaryl/α,β-unsaturated/α-hetero) is 1. The molecule has 2 rings (SSSR count). The van der Waals surface area contributed by atoms with Crippen molar-refractivity contribution in [2.24, 2.45) is 0 Å². The van der Waals surface area contributed by atoms with E-state index in [0.717, 1.165) is 17.8 Å². The Bertz CT molecular complexity index is 1170. The monoisotopic (exact) mass is 481 g/mol. The fraction of sp³-hybridized carbons (Fsp3) is 0.333. The number of nitrogens with one attached hydrogen (secondary N) is 1. The SMILES string of the molecule is CCS(=O)(=O)Nc1cccn(N(C(=O)CCc2ccccc2)[C@H](CC(=O)O)C(=O)CF)c1=O. The zero-order chi connectivity index (χ0) is 24.6. The minimum Gasteiger partial charge on any atom is -0.481 e. The molecule has 0 radical (unpaired) electrons. The fourth-order valence-electron chi connectivity index (χ4n) is 3.02. The van der Waals surface area contributed by atoms with E-state index in [4.69, 9.17) is 0 Å². The first kappa shape index (κ1) is 25.7. The Morgan fingerprint density at radius 2 is 1.82 bits per heavy atom. The summed E-state index contributed by atoms with van der Waals surface area (Å²) in [5.74, 6) is -3.84. The second-order valence-corrected chi connectivity index (χ2v) is 9.03. The molecule has 2 N–H and O–H groups in total. The van der Waals surface area contributed by atoms with Crippen molar-refractivity contribution in [3.05, 3.63) is 64.6 Å². The maximum Gasteiger partial charge on any atom is 0.305 e. The molecule has 0 saturated heterocycles. The number of pyridine rings is 1. The number of anilines is 1. The summed E-state index contributed by atoms with van der Waals surface area (Å²) in [6.45, 7) is -0.205. The van der Waals surface area contributed by atoms with Crippen LogP contribution < -0.4 is 15.3 Å². The maximum atomic E-state index is 13.3. The Kier molecular flexibility index (Phi) is 8.85. The number of sulfonamides is 1. The van der Waals surface area contributed by atoms with Crippen LogP contribution in [0.15, 0.2) is 53.5 Å². The van der Waals surface area contributed by atoms with Crippen molar-refractivity contribution in [2.75, 3.05) is 22.2 Å². The number of nitrogens with zero attached hydrogens (tertiary/aromatic N) is 2. The van der Waals surface area contributed by atoms with Gasteiger partial charge in [-0.3, -0.25) is 23.9 Å². The number of hydrogen-bond acceptors (Lipinski definition) is 6. The molecule has 0 unspecified atom stereocenters. The average Bonchev–Trinajstić information content (AvgIpc) is 2.79. The second-order valence-electron chi connectivity index (χ2n) is 7.01. The Hall–Kier alpha value is -3.54. The molecule has 0 bridgehead atoms. The molecule has 1 aromatic heterocycles. The van der Waals surface area contributed by atoms with Gasteiger partial charge in [-0.2, -0.15) is 0 Å². The predicted molar refractivity (Wildman–Crippen MR) is 119 cm³/mol. The number of ketones is 1. The molecule has 1 amide bonds. The molecular weight excluding hydrogens is 457 g/mol. The van der Waals surface area contributed by atoms with Gasteiger partial charge in [-0.1, -0.05) is 30.3 Å². The van der Waals surface area contributed by atoms with Crippen LogP contribution in [0.2, 0.25) is 0 Å². The van der Waals surface area contributed by atoms with Crippen molar-refractivity contribution < 1.29 is 32.3 Å². The lowest BCUT2D eigenvalue weighted by Crippen LogP contribution is -2.56. The van der Waals surface area contributed by atoms with Gasteiger partial charge in [-0.15, -0.1) is 0 Å². The summed E-state index contributed by atoms with van der Waals surface area (Å²) < 4.78 is 39.8. The van der Waals surface area contributed by atoms with E-state index in [-0.39, 0.29) is 18.6 Å². The average molecular weight is 482 g/mol. The van der Waals surface area contributed by atoms with Crippen molar-refractivity contribution in [3.8, 4) is 0 Å². The van der Waals surface area contributed by atoms with Crippen LogP contribution in [0.3, 0.4) is 0 Å². The number of amides is 1. The van der Waals surface area contributed by atoms with E-state index < -0.39 is 58.1 Å². The van der Waals surface area contributed by atoms with Crippen molar-refractivity contribution in [2.45, 2.75) is 32.2 Å². The zero-order valence-electron chi connectivity index (χ0n) is 17.8. The number of carboxylic acids is 1. The lowest BCUT2D eigenvalue weighted by Gasteiger charge is -2.31. The summed E-state index contributed by atoms with van der Waals surface area (Å²) in [6.07, 6.45) is 0.109. The third-order valence-electron chi connectivity index (χ3n) is 4.70. The van der Waals surface area contributed by atoms with Crippen molar-refractivity contribution in [1.82, 2.24) is 4.68 Å². The first-order valence-corrected chi connectivity index (χ1v) is 11.6. The van der Waals surface area contributed by atoms with Gasteiger partial charge in [0.1, 0.15) is 18.4 Å². The predicted octanol–water partition coefficient (Wildman–Crippen LogP) is 1.09. The lowest BCUT2D eigenvalue weighted by atomic mass is 10.1. The molecule has 0 aliphatic carbocycles. The summed E-state index contributed by atoms with van der Waals surface area (Å²) in [6, 6.07) is 9.38. The van der Waals surface area contributed by atoms with Crippen LogP contribution in [0.25, 0.3) is 0 Å². The van der Waals surface area contributed by atoms with Crippen LogP contribution in [0.1, 0.15) is 25.3 Å². The van der Waals surface area contributed by atoms with Crippen LogP contribution in [0.4, 0.5) is 10.1 Å². The van der Waals surface area contributed by atoms with Gasteiger partial charge in [0.05, 0.1) is 12.2 Å². The lowest BCUT2D eigenvalue weighted by molar-refractivity contribution is -0.140. The normalized spacial score (nSPS) is 12.1. The molecule has 1 heterocycles. The molecule has 0 aliphatic heterocycles. The molecule has 33 heavy (non-hydrogen) atoms. The minimum absolute atomic E-state index is 0.205. The van der Waals surface area contributed by atoms with Gasteiger partial charge >= 0.3 is 5.97 Å². The molecule has 178 valence electrons. The first-order valence-electron chi connectivity index (χ1n) is 9.98. The van der Waals surface area contributed by atoms with Crippen molar-refractivity contribution >= 4 is 33.4 Å². The number of halogens is 1. The number of carbonyl (C=O) groups excluding carboxylic acids is 2. The minimum atomic E-state index is -3.85. The third-order valence-corrected chi connectivity index (χ3v) is 5.99. The van der Waals surface area contributed by atoms with Gasteiger partial charge in [-0.25, -0.2) is 22.5 Å². The summed E-state index contributed by atoms with van der Waals surface area (Å²) >= 11 is 0. The first-order chi connectivity index (χ1) is 15.6. The third kappa shape index (κ3) is 6.97. The largest absolute Gasteiger partial charge is 0.481 e. The van der Waals surface area contributed by atoms with E-state index in [1.807, 2.05) is 0 Å². The van der Waals surface area contributed by atoms with E-state index >= 15 is 0 Å². The fourth-order valence-corrected chi connectivity index (χ4v) is 3.65. The molecule has 0 aliphatic rings. The summed E-state index contributed by atoms with van der Waals surface area (Å²) in [4.78, 5) is 49.7. The molecule has 10 nitrogen and oxygen atoms in total. The Morgan fingerprint density at radius 3 is 2.39 bits per heavy atom. The number of aliphatic carboxylic acids is 1. The van der Waals surface area contributed by atoms with Gasteiger partial charge < -0.3 is 5.11 Å². The number of aromatic nitrogens is 1. The molecule has 0 fully saturated rings. The highest BCUT2D eigenvalue weighted by Gasteiger charge is 2.34. The van der Waals surface area contributed by atoms with Gasteiger partial charge in [0.15, 0.2) is 5.78 Å². The van der Waals surface area contributed by atoms with Crippen LogP contribution in [0.5, 0.6) is 0 Å². The summed E-state index contributed by atoms with van der Waals surface area (Å²) in [7, 11) is -3.85. The highest BCUT2D eigenvalue weighted by atomic mass is 32.2. The number of benzene rings is 1. The highest BCUT2D eigenvalue weighted by Crippen LogP contribution is 2.12. The molecule has 0 saturated carbocycles. The van der Waals surface area contributed by atoms with E-state index in [9.17, 15) is 37.1 Å². The Labute approximate surface area is 189 Å². The summed E-state index contributed by atoms with van der Waals surface area (Å²) in [5, 5.41) is 9.82. The summed E-state index contributed by atoms with van der Waals surface area (Å²) in [5.41, 5.74) is -0.666. The Morgan fingerprint density at radius 1 is 1.15 bits per heavy atom. The molecule has 12 heteroatoms. The number of alkyl halides is 1. The maximum absolute atomic E-state index is 13.3. The molecular formula is C21H24FN3O7S. The van der Waals surface area contributed by atoms with Gasteiger partial charge in [0, 0.05) is 12.6 Å². The van der Waals surface area contributed by atoms with Crippen LogP contribution in [0, 0.1) is 0 Å². The number of carbonyl (C=O) groups is 3. The van der Waals surface area contributed by atoms with Crippen molar-refractivity contribution in [3.63, 3.8) is 0 Å². The van der Waals surface area contributed by atoms with Crippen molar-refractivity contribution in [1.29, 1.82) is 0 Å². The van der Waals surface area contributed by atoms with Crippen LogP contribution in [-0.4, -0.2) is 54.3 Å². The standard InChI is InChI=1S/C21H24FN3O7S/c1-2-33(31,32)23-16-9-6-12-24(21(16)30)25(17(13-20(28)29)18(26)14-22)19(27)11-10-15-7-4-3-5-8-15/h3-9,12,17,23H,2,10-11,13-14H2,1H3,(H,28,29)/t17-/m1/s1. The second kappa shape index (κ2) is 11.4. The van der Waals surface area contributed by atoms with E-state index in [1.165, 1.54) is 13.0 Å². The van der Waals surface area contributed by atoms with Crippen LogP contribution in [-0.2, 0) is 30.8 Å². The Balaban J connectivity index is 2.54. The van der Waals surface area contributed by atoms with E-state index in [2.05, 4.69) is 4.72 Å². The van der Waals surface area contributed by atoms with Gasteiger partial charge in [0.2, 0.25) is 15.9 Å². The van der Waals surface area contributed by atoms with E-state index in [0.29, 0.717) is 9.69 Å². The number of aryl methyl sites for hydroxylation is 1. The number of hydrogen-bond donors (Lipinski definition) is 2. The quantitative estimate of drug-likeness (QED) is 0.462.